The summed E-state index contributed by atoms with van der Waals surface area (Å²) in [6, 6.07) is 0. The molecule has 128 valence electrons. The van der Waals surface area contributed by atoms with Crippen molar-refractivity contribution >= 4 is 30.1 Å². The number of rotatable bonds is 10. The van der Waals surface area contributed by atoms with Gasteiger partial charge in [0.05, 0.1) is 0 Å². The molecule has 0 aliphatic rings. The van der Waals surface area contributed by atoms with Crippen LogP contribution in [-0.2, 0) is 17.8 Å². The van der Waals surface area contributed by atoms with Crippen molar-refractivity contribution in [1.82, 2.24) is 20.1 Å². The first-order valence-corrected chi connectivity index (χ1v) is 8.73. The number of amides is 1. The molecule has 1 aromatic heterocycles. The minimum absolute atomic E-state index is 0. The maximum atomic E-state index is 11.5. The van der Waals surface area contributed by atoms with Gasteiger partial charge < -0.3 is 15.6 Å². The number of carbonyl (C=O) groups excluding carboxylic acids is 1. The molecule has 0 radical (unpaired) electrons. The van der Waals surface area contributed by atoms with Crippen LogP contribution in [-0.4, -0.2) is 40.0 Å². The van der Waals surface area contributed by atoms with Gasteiger partial charge in [-0.25, -0.2) is 0 Å². The van der Waals surface area contributed by atoms with Gasteiger partial charge in [-0.3, -0.25) is 4.79 Å². The van der Waals surface area contributed by atoms with E-state index in [0.717, 1.165) is 36.8 Å². The smallest absolute Gasteiger partial charge is 0.220 e. The molecule has 0 bridgehead atoms. The summed E-state index contributed by atoms with van der Waals surface area (Å²) in [5.74, 6) is 1.64. The molecule has 0 aliphatic carbocycles. The van der Waals surface area contributed by atoms with Gasteiger partial charge >= 0.3 is 0 Å². The molecule has 0 unspecified atom stereocenters. The number of carbonyl (C=O) groups is 1. The minimum atomic E-state index is 0. The van der Waals surface area contributed by atoms with Crippen LogP contribution in [0.1, 0.15) is 38.9 Å². The van der Waals surface area contributed by atoms with E-state index >= 15 is 0 Å². The molecule has 0 saturated heterocycles. The lowest BCUT2D eigenvalue weighted by Crippen LogP contribution is -2.25. The Kier molecular flexibility index (Phi) is 11.3. The first-order valence-electron chi connectivity index (χ1n) is 7.51. The van der Waals surface area contributed by atoms with Crippen molar-refractivity contribution in [2.24, 2.45) is 11.7 Å². The third kappa shape index (κ3) is 7.47. The lowest BCUT2D eigenvalue weighted by atomic mass is 10.2. The molecule has 22 heavy (non-hydrogen) atoms. The van der Waals surface area contributed by atoms with E-state index in [-0.39, 0.29) is 18.3 Å². The van der Waals surface area contributed by atoms with Crippen LogP contribution in [0.25, 0.3) is 0 Å². The molecule has 0 fully saturated rings. The normalized spacial score (nSPS) is 10.6. The summed E-state index contributed by atoms with van der Waals surface area (Å²) in [5.41, 5.74) is 5.38. The van der Waals surface area contributed by atoms with Crippen molar-refractivity contribution in [2.75, 3.05) is 19.3 Å². The number of aromatic nitrogens is 3. The second kappa shape index (κ2) is 11.7. The Bertz CT molecular complexity index is 439. The topological polar surface area (TPSA) is 85.8 Å². The zero-order chi connectivity index (χ0) is 15.7. The maximum absolute atomic E-state index is 11.5. The third-order valence-corrected chi connectivity index (χ3v) is 3.70. The molecule has 1 heterocycles. The molecule has 1 aromatic rings. The van der Waals surface area contributed by atoms with Crippen molar-refractivity contribution in [3.63, 3.8) is 0 Å². The monoisotopic (exact) mass is 349 g/mol. The van der Waals surface area contributed by atoms with Gasteiger partial charge in [-0.2, -0.15) is 0 Å². The first-order chi connectivity index (χ1) is 10.1. The Hall–Kier alpha value is -0.790. The molecule has 8 heteroatoms. The summed E-state index contributed by atoms with van der Waals surface area (Å²) in [7, 11) is 0. The molecule has 0 aromatic carbocycles. The van der Waals surface area contributed by atoms with Crippen molar-refractivity contribution in [3.8, 4) is 0 Å². The van der Waals surface area contributed by atoms with E-state index in [1.165, 1.54) is 0 Å². The molecule has 6 nitrogen and oxygen atoms in total. The number of nitrogens with two attached hydrogens (primary N) is 1. The first kappa shape index (κ1) is 21.2. The Morgan fingerprint density at radius 2 is 2.09 bits per heavy atom. The fraction of sp³-hybridized carbons (Fsp3) is 0.786. The van der Waals surface area contributed by atoms with Crippen LogP contribution in [0.3, 0.4) is 0 Å². The van der Waals surface area contributed by atoms with Crippen LogP contribution in [0.2, 0.25) is 0 Å². The third-order valence-electron chi connectivity index (χ3n) is 3.03. The number of aryl methyl sites for hydroxylation is 1. The molecule has 0 saturated carbocycles. The number of halogens is 1. The Balaban J connectivity index is 0.00000441. The van der Waals surface area contributed by atoms with Crippen LogP contribution >= 0.6 is 24.2 Å². The summed E-state index contributed by atoms with van der Waals surface area (Å²) in [5, 5.41) is 12.4. The molecule has 0 aliphatic heterocycles. The number of hydrogen-bond acceptors (Lipinski definition) is 5. The van der Waals surface area contributed by atoms with Gasteiger partial charge in [-0.05, 0) is 31.6 Å². The average Bonchev–Trinajstić information content (AvgIpc) is 2.82. The standard InChI is InChI=1S/C14H27N5OS.ClH/c1-11(2)10-19-12(17-18-14(19)21-3)6-5-9-16-13(20)7-4-8-15;/h11H,4-10,15H2,1-3H3,(H,16,20);1H. The second-order valence-electron chi connectivity index (χ2n) is 5.45. The number of nitrogens with zero attached hydrogens (tertiary/aromatic N) is 3. The van der Waals surface area contributed by atoms with E-state index in [9.17, 15) is 4.79 Å². The van der Waals surface area contributed by atoms with Gasteiger partial charge in [0, 0.05) is 25.9 Å². The van der Waals surface area contributed by atoms with E-state index in [1.807, 2.05) is 6.26 Å². The van der Waals surface area contributed by atoms with Crippen LogP contribution < -0.4 is 11.1 Å². The minimum Gasteiger partial charge on any atom is -0.356 e. The van der Waals surface area contributed by atoms with Gasteiger partial charge in [0.1, 0.15) is 5.82 Å². The Labute approximate surface area is 143 Å². The van der Waals surface area contributed by atoms with E-state index in [0.29, 0.717) is 25.4 Å². The zero-order valence-electron chi connectivity index (χ0n) is 13.7. The summed E-state index contributed by atoms with van der Waals surface area (Å²) < 4.78 is 2.19. The molecule has 1 rings (SSSR count). The maximum Gasteiger partial charge on any atom is 0.220 e. The van der Waals surface area contributed by atoms with Gasteiger partial charge in [-0.1, -0.05) is 25.6 Å². The van der Waals surface area contributed by atoms with Gasteiger partial charge in [-0.15, -0.1) is 22.6 Å². The number of thioether (sulfide) groups is 1. The fourth-order valence-corrected chi connectivity index (χ4v) is 2.55. The Morgan fingerprint density at radius 3 is 2.68 bits per heavy atom. The lowest BCUT2D eigenvalue weighted by molar-refractivity contribution is -0.121. The summed E-state index contributed by atoms with van der Waals surface area (Å²) in [4.78, 5) is 11.5. The van der Waals surface area contributed by atoms with E-state index in [2.05, 4.69) is 33.9 Å². The number of nitrogens with one attached hydrogen (secondary N) is 1. The van der Waals surface area contributed by atoms with Gasteiger partial charge in [0.15, 0.2) is 5.16 Å². The van der Waals surface area contributed by atoms with Gasteiger partial charge in [0.25, 0.3) is 0 Å². The zero-order valence-corrected chi connectivity index (χ0v) is 15.3. The predicted octanol–water partition coefficient (Wildman–Crippen LogP) is 1.87. The quantitative estimate of drug-likeness (QED) is 0.497. The molecule has 0 spiro atoms. The van der Waals surface area contributed by atoms with Crippen molar-refractivity contribution in [3.05, 3.63) is 5.82 Å². The molecule has 1 amide bonds. The van der Waals surface area contributed by atoms with Crippen LogP contribution in [0.5, 0.6) is 0 Å². The van der Waals surface area contributed by atoms with Crippen molar-refractivity contribution < 1.29 is 4.79 Å². The van der Waals surface area contributed by atoms with E-state index < -0.39 is 0 Å². The average molecular weight is 350 g/mol. The van der Waals surface area contributed by atoms with E-state index in [1.54, 1.807) is 11.8 Å². The largest absolute Gasteiger partial charge is 0.356 e. The summed E-state index contributed by atoms with van der Waals surface area (Å²) in [6.45, 7) is 6.54. The summed E-state index contributed by atoms with van der Waals surface area (Å²) in [6.07, 6.45) is 4.97. The Morgan fingerprint density at radius 1 is 1.36 bits per heavy atom. The molecule has 3 N–H and O–H groups in total. The van der Waals surface area contributed by atoms with Crippen LogP contribution in [0.4, 0.5) is 0 Å². The number of hydrogen-bond donors (Lipinski definition) is 2. The van der Waals surface area contributed by atoms with Crippen molar-refractivity contribution in [2.45, 2.75) is 51.2 Å². The van der Waals surface area contributed by atoms with Crippen molar-refractivity contribution in [1.29, 1.82) is 0 Å². The molecular formula is C14H28ClN5OS. The SMILES string of the molecule is CSc1nnc(CCCNC(=O)CCCN)n1CC(C)C.Cl. The summed E-state index contributed by atoms with van der Waals surface area (Å²) >= 11 is 1.62. The highest BCUT2D eigenvalue weighted by atomic mass is 35.5. The molecular weight excluding hydrogens is 322 g/mol. The second-order valence-corrected chi connectivity index (χ2v) is 6.23. The van der Waals surface area contributed by atoms with E-state index in [4.69, 9.17) is 5.73 Å². The highest BCUT2D eigenvalue weighted by Crippen LogP contribution is 2.16. The highest BCUT2D eigenvalue weighted by Gasteiger charge is 2.12. The van der Waals surface area contributed by atoms with Crippen LogP contribution in [0, 0.1) is 5.92 Å². The highest BCUT2D eigenvalue weighted by molar-refractivity contribution is 7.98. The van der Waals surface area contributed by atoms with Gasteiger partial charge in [0.2, 0.25) is 5.91 Å². The molecule has 0 atom stereocenters. The predicted molar refractivity (Wildman–Crippen MR) is 93.5 cm³/mol. The van der Waals surface area contributed by atoms with Crippen LogP contribution in [0.15, 0.2) is 5.16 Å². The fourth-order valence-electron chi connectivity index (χ4n) is 2.03. The lowest BCUT2D eigenvalue weighted by Gasteiger charge is -2.11.